The van der Waals surface area contributed by atoms with Crippen LogP contribution < -0.4 is 4.90 Å². The summed E-state index contributed by atoms with van der Waals surface area (Å²) in [4.78, 5) is 4.71. The van der Waals surface area contributed by atoms with Crippen LogP contribution in [0.2, 0.25) is 0 Å². The molecule has 5 heteroatoms. The van der Waals surface area contributed by atoms with Crippen LogP contribution in [0.5, 0.6) is 0 Å². The number of aliphatic hydroxyl groups excluding tert-OH is 1. The summed E-state index contributed by atoms with van der Waals surface area (Å²) in [6.45, 7) is 5.06. The van der Waals surface area contributed by atoms with E-state index in [9.17, 15) is 9.50 Å². The fourth-order valence-electron chi connectivity index (χ4n) is 4.04. The van der Waals surface area contributed by atoms with Crippen molar-refractivity contribution in [2.24, 2.45) is 0 Å². The summed E-state index contributed by atoms with van der Waals surface area (Å²) in [5.74, 6) is -0.168. The van der Waals surface area contributed by atoms with Gasteiger partial charge in [-0.1, -0.05) is 36.4 Å². The molecule has 4 nitrogen and oxygen atoms in total. The molecule has 1 aromatic heterocycles. The number of piperazine rings is 1. The highest BCUT2D eigenvalue weighted by Gasteiger charge is 2.21. The molecule has 3 aromatic rings. The number of halogens is 1. The molecule has 29 heavy (non-hydrogen) atoms. The van der Waals surface area contributed by atoms with Gasteiger partial charge in [0.1, 0.15) is 11.9 Å². The molecule has 0 saturated carbocycles. The van der Waals surface area contributed by atoms with Gasteiger partial charge in [-0.05, 0) is 42.3 Å². The largest absolute Gasteiger partial charge is 0.386 e. The van der Waals surface area contributed by atoms with Crippen LogP contribution in [0.1, 0.15) is 17.4 Å². The van der Waals surface area contributed by atoms with Crippen LogP contribution in [-0.2, 0) is 13.0 Å². The number of anilines is 1. The van der Waals surface area contributed by atoms with E-state index < -0.39 is 6.10 Å². The number of hydrogen-bond acceptors (Lipinski definition) is 3. The van der Waals surface area contributed by atoms with Gasteiger partial charge in [0, 0.05) is 56.8 Å². The van der Waals surface area contributed by atoms with Gasteiger partial charge in [-0.2, -0.15) is 0 Å². The topological polar surface area (TPSA) is 31.6 Å². The standard InChI is InChI=1S/C24H28FN3O/c25-22-10-5-4-7-20(22)12-14-28-13-6-11-23(28)24(29)19-26-15-17-27(18-16-26)21-8-2-1-3-9-21/h1-11,13,24,29H,12,14-19H2. The van der Waals surface area contributed by atoms with Gasteiger partial charge < -0.3 is 14.6 Å². The quantitative estimate of drug-likeness (QED) is 0.664. The molecule has 0 amide bonds. The van der Waals surface area contributed by atoms with Gasteiger partial charge in [0.25, 0.3) is 0 Å². The van der Waals surface area contributed by atoms with Crippen molar-refractivity contribution in [3.8, 4) is 0 Å². The Kier molecular flexibility index (Phi) is 6.27. The molecule has 1 fully saturated rings. The van der Waals surface area contributed by atoms with Crippen molar-refractivity contribution in [2.75, 3.05) is 37.6 Å². The first-order valence-corrected chi connectivity index (χ1v) is 10.3. The van der Waals surface area contributed by atoms with Gasteiger partial charge in [-0.15, -0.1) is 0 Å². The van der Waals surface area contributed by atoms with E-state index in [1.54, 1.807) is 6.07 Å². The average molecular weight is 394 g/mol. The number of aryl methyl sites for hydroxylation is 2. The second kappa shape index (κ2) is 9.25. The fourth-order valence-corrected chi connectivity index (χ4v) is 4.04. The van der Waals surface area contributed by atoms with Gasteiger partial charge in [0.2, 0.25) is 0 Å². The average Bonchev–Trinajstić information content (AvgIpc) is 3.23. The second-order valence-electron chi connectivity index (χ2n) is 7.61. The number of para-hydroxylation sites is 1. The lowest BCUT2D eigenvalue weighted by molar-refractivity contribution is 0.103. The summed E-state index contributed by atoms with van der Waals surface area (Å²) in [5, 5.41) is 10.8. The van der Waals surface area contributed by atoms with Crippen LogP contribution in [-0.4, -0.2) is 47.3 Å². The smallest absolute Gasteiger partial charge is 0.126 e. The van der Waals surface area contributed by atoms with Crippen molar-refractivity contribution in [3.05, 3.63) is 90.0 Å². The maximum absolute atomic E-state index is 13.9. The third-order valence-corrected chi connectivity index (χ3v) is 5.71. The highest BCUT2D eigenvalue weighted by molar-refractivity contribution is 5.46. The Bertz CT molecular complexity index is 903. The summed E-state index contributed by atoms with van der Waals surface area (Å²) in [7, 11) is 0. The van der Waals surface area contributed by atoms with E-state index in [1.165, 1.54) is 11.8 Å². The highest BCUT2D eigenvalue weighted by Crippen LogP contribution is 2.20. The van der Waals surface area contributed by atoms with Gasteiger partial charge in [0.15, 0.2) is 0 Å². The van der Waals surface area contributed by atoms with E-state index in [0.29, 0.717) is 25.1 Å². The second-order valence-corrected chi connectivity index (χ2v) is 7.61. The number of β-amino-alcohol motifs (C(OH)–C–C–N with tert-alkyl or cyclic N) is 1. The van der Waals surface area contributed by atoms with Crippen molar-refractivity contribution >= 4 is 5.69 Å². The molecule has 2 aromatic carbocycles. The SMILES string of the molecule is OC(CN1CCN(c2ccccc2)CC1)c1cccn1CCc1ccccc1F. The number of aliphatic hydroxyl groups is 1. The van der Waals surface area contributed by atoms with Crippen molar-refractivity contribution in [1.29, 1.82) is 0 Å². The zero-order chi connectivity index (χ0) is 20.1. The Labute approximate surface area is 171 Å². The monoisotopic (exact) mass is 393 g/mol. The molecular formula is C24H28FN3O. The molecule has 4 rings (SSSR count). The minimum atomic E-state index is -0.547. The maximum atomic E-state index is 13.9. The van der Waals surface area contributed by atoms with Crippen LogP contribution >= 0.6 is 0 Å². The predicted molar refractivity (Wildman–Crippen MR) is 115 cm³/mol. The molecule has 1 aliphatic heterocycles. The number of nitrogens with zero attached hydrogens (tertiary/aromatic N) is 3. The van der Waals surface area contributed by atoms with Crippen LogP contribution in [0.3, 0.4) is 0 Å². The molecule has 1 N–H and O–H groups in total. The van der Waals surface area contributed by atoms with E-state index >= 15 is 0 Å². The van der Waals surface area contributed by atoms with Crippen molar-refractivity contribution in [3.63, 3.8) is 0 Å². The number of benzene rings is 2. The van der Waals surface area contributed by atoms with Crippen molar-refractivity contribution in [1.82, 2.24) is 9.47 Å². The zero-order valence-corrected chi connectivity index (χ0v) is 16.6. The number of aromatic nitrogens is 1. The highest BCUT2D eigenvalue weighted by atomic mass is 19.1. The summed E-state index contributed by atoms with van der Waals surface area (Å²) < 4.78 is 15.9. The Morgan fingerprint density at radius 1 is 0.862 bits per heavy atom. The van der Waals surface area contributed by atoms with Crippen molar-refractivity contribution in [2.45, 2.75) is 19.1 Å². The van der Waals surface area contributed by atoms with E-state index in [4.69, 9.17) is 0 Å². The molecular weight excluding hydrogens is 365 g/mol. The predicted octanol–water partition coefficient (Wildman–Crippen LogP) is 3.73. The van der Waals surface area contributed by atoms with Crippen LogP contribution in [0, 0.1) is 5.82 Å². The van der Waals surface area contributed by atoms with E-state index in [0.717, 1.165) is 31.9 Å². The summed E-state index contributed by atoms with van der Waals surface area (Å²) in [6.07, 6.45) is 2.03. The molecule has 0 bridgehead atoms. The lowest BCUT2D eigenvalue weighted by atomic mass is 10.1. The fraction of sp³-hybridized carbons (Fsp3) is 0.333. The van der Waals surface area contributed by atoms with Crippen molar-refractivity contribution < 1.29 is 9.50 Å². The number of hydrogen-bond donors (Lipinski definition) is 1. The minimum Gasteiger partial charge on any atom is -0.386 e. The Hall–Kier alpha value is -2.63. The minimum absolute atomic E-state index is 0.168. The third kappa shape index (κ3) is 4.86. The first kappa shape index (κ1) is 19.7. The van der Waals surface area contributed by atoms with Crippen LogP contribution in [0.15, 0.2) is 72.9 Å². The van der Waals surface area contributed by atoms with Gasteiger partial charge in [0.05, 0.1) is 0 Å². The van der Waals surface area contributed by atoms with E-state index in [1.807, 2.05) is 41.1 Å². The lowest BCUT2D eigenvalue weighted by Crippen LogP contribution is -2.47. The lowest BCUT2D eigenvalue weighted by Gasteiger charge is -2.37. The van der Waals surface area contributed by atoms with Crippen LogP contribution in [0.4, 0.5) is 10.1 Å². The van der Waals surface area contributed by atoms with Crippen LogP contribution in [0.25, 0.3) is 0 Å². The van der Waals surface area contributed by atoms with Gasteiger partial charge in [-0.3, -0.25) is 4.90 Å². The molecule has 152 valence electrons. The molecule has 1 aliphatic rings. The first-order chi connectivity index (χ1) is 14.2. The first-order valence-electron chi connectivity index (χ1n) is 10.3. The molecule has 1 saturated heterocycles. The molecule has 0 radical (unpaired) electrons. The molecule has 1 atom stereocenters. The van der Waals surface area contributed by atoms with Gasteiger partial charge >= 0.3 is 0 Å². The molecule has 0 aliphatic carbocycles. The van der Waals surface area contributed by atoms with Gasteiger partial charge in [-0.25, -0.2) is 4.39 Å². The van der Waals surface area contributed by atoms with E-state index in [2.05, 4.69) is 34.1 Å². The summed E-state index contributed by atoms with van der Waals surface area (Å²) in [5.41, 5.74) is 2.86. The Morgan fingerprint density at radius 3 is 2.34 bits per heavy atom. The summed E-state index contributed by atoms with van der Waals surface area (Å²) in [6, 6.07) is 21.3. The zero-order valence-electron chi connectivity index (χ0n) is 16.6. The van der Waals surface area contributed by atoms with E-state index in [-0.39, 0.29) is 5.82 Å². The Balaban J connectivity index is 1.31. The summed E-state index contributed by atoms with van der Waals surface area (Å²) >= 11 is 0. The third-order valence-electron chi connectivity index (χ3n) is 5.71. The molecule has 0 spiro atoms. The normalized spacial score (nSPS) is 16.1. The number of rotatable bonds is 7. The molecule has 2 heterocycles. The molecule has 1 unspecified atom stereocenters. The maximum Gasteiger partial charge on any atom is 0.126 e. The Morgan fingerprint density at radius 2 is 1.59 bits per heavy atom.